The van der Waals surface area contributed by atoms with Crippen molar-refractivity contribution in [2.24, 2.45) is 0 Å². The van der Waals surface area contributed by atoms with Crippen LogP contribution in [-0.2, 0) is 4.74 Å². The normalized spacial score (nSPS) is 13.9. The quantitative estimate of drug-likeness (QED) is 0.875. The fourth-order valence-corrected chi connectivity index (χ4v) is 2.10. The van der Waals surface area contributed by atoms with Gasteiger partial charge in [0.2, 0.25) is 0 Å². The maximum absolute atomic E-state index is 6.00. The number of rotatable bonds is 5. The van der Waals surface area contributed by atoms with Crippen LogP contribution in [0.2, 0.25) is 0 Å². The highest BCUT2D eigenvalue weighted by Gasteiger charge is 2.17. The second-order valence-corrected chi connectivity index (χ2v) is 6.78. The molecule has 0 saturated heterocycles. The molecule has 18 heavy (non-hydrogen) atoms. The molecule has 1 atom stereocenters. The van der Waals surface area contributed by atoms with Crippen molar-refractivity contribution in [3.05, 3.63) is 34.3 Å². The van der Waals surface area contributed by atoms with E-state index in [0.717, 1.165) is 11.0 Å². The summed E-state index contributed by atoms with van der Waals surface area (Å²) in [5.41, 5.74) is 1.31. The molecule has 102 valence electrons. The van der Waals surface area contributed by atoms with Crippen LogP contribution >= 0.6 is 15.9 Å². The molecule has 0 saturated carbocycles. The van der Waals surface area contributed by atoms with Crippen molar-refractivity contribution in [1.29, 1.82) is 0 Å². The summed E-state index contributed by atoms with van der Waals surface area (Å²) in [5, 5.41) is 3.50. The standard InChI is InChI=1S/C15H24BrNO/c1-11(2)18-14(10-17-15(3,4)5)12-7-6-8-13(16)9-12/h6-9,11,14,17H,10H2,1-5H3. The van der Waals surface area contributed by atoms with Crippen molar-refractivity contribution >= 4 is 15.9 Å². The monoisotopic (exact) mass is 313 g/mol. The summed E-state index contributed by atoms with van der Waals surface area (Å²) in [5.74, 6) is 0. The van der Waals surface area contributed by atoms with Crippen molar-refractivity contribution in [2.75, 3.05) is 6.54 Å². The molecular formula is C15H24BrNO. The highest BCUT2D eigenvalue weighted by Crippen LogP contribution is 2.22. The molecule has 1 aromatic carbocycles. The van der Waals surface area contributed by atoms with Gasteiger partial charge in [-0.3, -0.25) is 0 Å². The van der Waals surface area contributed by atoms with Crippen LogP contribution in [0.3, 0.4) is 0 Å². The van der Waals surface area contributed by atoms with E-state index in [1.165, 1.54) is 5.56 Å². The average molecular weight is 314 g/mol. The third-order valence-corrected chi connectivity index (χ3v) is 2.97. The summed E-state index contributed by atoms with van der Waals surface area (Å²) < 4.78 is 7.09. The van der Waals surface area contributed by atoms with E-state index in [4.69, 9.17) is 4.74 Å². The molecular weight excluding hydrogens is 290 g/mol. The largest absolute Gasteiger partial charge is 0.370 e. The molecule has 0 spiro atoms. The molecule has 0 heterocycles. The predicted molar refractivity (Wildman–Crippen MR) is 80.9 cm³/mol. The molecule has 2 nitrogen and oxygen atoms in total. The molecule has 0 aliphatic carbocycles. The Morgan fingerprint density at radius 2 is 1.94 bits per heavy atom. The second-order valence-electron chi connectivity index (χ2n) is 5.86. The van der Waals surface area contributed by atoms with E-state index in [9.17, 15) is 0 Å². The smallest absolute Gasteiger partial charge is 0.0953 e. The van der Waals surface area contributed by atoms with Gasteiger partial charge in [-0.15, -0.1) is 0 Å². The van der Waals surface area contributed by atoms with Crippen LogP contribution in [0, 0.1) is 0 Å². The van der Waals surface area contributed by atoms with Crippen LogP contribution in [0.5, 0.6) is 0 Å². The minimum absolute atomic E-state index is 0.0849. The van der Waals surface area contributed by atoms with Gasteiger partial charge in [0.15, 0.2) is 0 Å². The Bertz CT molecular complexity index is 371. The van der Waals surface area contributed by atoms with E-state index in [-0.39, 0.29) is 17.7 Å². The van der Waals surface area contributed by atoms with Crippen LogP contribution in [0.25, 0.3) is 0 Å². The maximum atomic E-state index is 6.00. The van der Waals surface area contributed by atoms with Crippen LogP contribution < -0.4 is 5.32 Å². The first kappa shape index (κ1) is 15.7. The molecule has 0 bridgehead atoms. The van der Waals surface area contributed by atoms with Crippen molar-refractivity contribution in [1.82, 2.24) is 5.32 Å². The average Bonchev–Trinajstić information content (AvgIpc) is 2.22. The maximum Gasteiger partial charge on any atom is 0.0953 e. The van der Waals surface area contributed by atoms with Gasteiger partial charge in [-0.1, -0.05) is 28.1 Å². The molecule has 0 aliphatic heterocycles. The minimum Gasteiger partial charge on any atom is -0.370 e. The summed E-state index contributed by atoms with van der Waals surface area (Å²) in [6, 6.07) is 8.32. The Hall–Kier alpha value is -0.380. The Balaban J connectivity index is 2.78. The molecule has 1 unspecified atom stereocenters. The topological polar surface area (TPSA) is 21.3 Å². The Kier molecular flexibility index (Phi) is 5.83. The number of benzene rings is 1. The third kappa shape index (κ3) is 5.98. The fourth-order valence-electron chi connectivity index (χ4n) is 1.68. The van der Waals surface area contributed by atoms with Gasteiger partial charge in [0, 0.05) is 16.6 Å². The Morgan fingerprint density at radius 3 is 2.44 bits per heavy atom. The first-order valence-electron chi connectivity index (χ1n) is 6.44. The van der Waals surface area contributed by atoms with E-state index in [0.29, 0.717) is 0 Å². The summed E-state index contributed by atoms with van der Waals surface area (Å²) in [6.07, 6.45) is 0.303. The zero-order chi connectivity index (χ0) is 13.8. The Morgan fingerprint density at radius 1 is 1.28 bits per heavy atom. The van der Waals surface area contributed by atoms with Crippen molar-refractivity contribution < 1.29 is 4.74 Å². The van der Waals surface area contributed by atoms with Crippen LogP contribution in [0.4, 0.5) is 0 Å². The number of hydrogen-bond acceptors (Lipinski definition) is 2. The van der Waals surface area contributed by atoms with E-state index < -0.39 is 0 Å². The zero-order valence-corrected chi connectivity index (χ0v) is 13.5. The number of ether oxygens (including phenoxy) is 1. The van der Waals surface area contributed by atoms with Crippen molar-refractivity contribution in [3.8, 4) is 0 Å². The number of hydrogen-bond donors (Lipinski definition) is 1. The molecule has 1 N–H and O–H groups in total. The van der Waals surface area contributed by atoms with Gasteiger partial charge in [-0.05, 0) is 52.3 Å². The summed E-state index contributed by atoms with van der Waals surface area (Å²) >= 11 is 3.51. The van der Waals surface area contributed by atoms with Crippen LogP contribution in [0.15, 0.2) is 28.7 Å². The lowest BCUT2D eigenvalue weighted by Gasteiger charge is -2.27. The summed E-state index contributed by atoms with van der Waals surface area (Å²) in [6.45, 7) is 11.5. The van der Waals surface area contributed by atoms with Gasteiger partial charge >= 0.3 is 0 Å². The summed E-state index contributed by atoms with van der Waals surface area (Å²) in [7, 11) is 0. The highest BCUT2D eigenvalue weighted by molar-refractivity contribution is 9.10. The van der Waals surface area contributed by atoms with Gasteiger partial charge in [-0.2, -0.15) is 0 Å². The molecule has 0 fully saturated rings. The van der Waals surface area contributed by atoms with Gasteiger partial charge in [0.25, 0.3) is 0 Å². The van der Waals surface area contributed by atoms with Crippen LogP contribution in [0.1, 0.15) is 46.3 Å². The first-order valence-corrected chi connectivity index (χ1v) is 7.23. The van der Waals surface area contributed by atoms with Gasteiger partial charge < -0.3 is 10.1 Å². The van der Waals surface area contributed by atoms with E-state index >= 15 is 0 Å². The van der Waals surface area contributed by atoms with Gasteiger partial charge in [0.1, 0.15) is 0 Å². The lowest BCUT2D eigenvalue weighted by atomic mass is 10.1. The number of halogens is 1. The third-order valence-electron chi connectivity index (χ3n) is 2.47. The SMILES string of the molecule is CC(C)OC(CNC(C)(C)C)c1cccc(Br)c1. The fraction of sp³-hybridized carbons (Fsp3) is 0.600. The molecule has 0 aliphatic rings. The lowest BCUT2D eigenvalue weighted by Crippen LogP contribution is -2.39. The molecule has 0 amide bonds. The molecule has 1 aromatic rings. The van der Waals surface area contributed by atoms with Crippen molar-refractivity contribution in [3.63, 3.8) is 0 Å². The predicted octanol–water partition coefficient (Wildman–Crippen LogP) is 4.30. The summed E-state index contributed by atoms with van der Waals surface area (Å²) in [4.78, 5) is 0. The Labute approximate surface area is 119 Å². The van der Waals surface area contributed by atoms with E-state index in [1.54, 1.807) is 0 Å². The second kappa shape index (κ2) is 6.69. The van der Waals surface area contributed by atoms with E-state index in [1.807, 2.05) is 12.1 Å². The van der Waals surface area contributed by atoms with Crippen LogP contribution in [-0.4, -0.2) is 18.2 Å². The highest BCUT2D eigenvalue weighted by atomic mass is 79.9. The molecule has 1 rings (SSSR count). The van der Waals surface area contributed by atoms with Gasteiger partial charge in [0.05, 0.1) is 12.2 Å². The first-order chi connectivity index (χ1) is 8.28. The van der Waals surface area contributed by atoms with E-state index in [2.05, 4.69) is 68.0 Å². The number of nitrogens with one attached hydrogen (secondary N) is 1. The van der Waals surface area contributed by atoms with Crippen molar-refractivity contribution in [2.45, 2.75) is 52.4 Å². The lowest BCUT2D eigenvalue weighted by molar-refractivity contribution is 0.00402. The molecule has 3 heteroatoms. The minimum atomic E-state index is 0.0849. The molecule has 0 aromatic heterocycles. The van der Waals surface area contributed by atoms with Gasteiger partial charge in [-0.25, -0.2) is 0 Å². The zero-order valence-electron chi connectivity index (χ0n) is 12.0. The molecule has 0 radical (unpaired) electrons.